The van der Waals surface area contributed by atoms with Gasteiger partial charge in [0.1, 0.15) is 5.58 Å². The molecule has 0 aliphatic heterocycles. The van der Waals surface area contributed by atoms with Crippen LogP contribution in [0, 0.1) is 0 Å². The van der Waals surface area contributed by atoms with Gasteiger partial charge >= 0.3 is 0 Å². The average molecular weight is 701 g/mol. The summed E-state index contributed by atoms with van der Waals surface area (Å²) in [4.78, 5) is 10.9. The molecule has 0 saturated heterocycles. The zero-order valence-corrected chi connectivity index (χ0v) is 29.4. The minimum atomic E-state index is 0.566. The molecule has 13 rings (SSSR count). The third-order valence-corrected chi connectivity index (χ3v) is 11.7. The molecule has 13 aromatic rings. The van der Waals surface area contributed by atoms with Crippen LogP contribution in [0.5, 0.6) is 0 Å². The maximum absolute atomic E-state index is 6.61. The van der Waals surface area contributed by atoms with Crippen molar-refractivity contribution < 1.29 is 4.42 Å². The molecule has 0 spiro atoms. The van der Waals surface area contributed by atoms with E-state index in [1.165, 1.54) is 65.2 Å². The van der Waals surface area contributed by atoms with Crippen LogP contribution in [0.1, 0.15) is 0 Å². The molecule has 0 unspecified atom stereocenters. The molecule has 0 fully saturated rings. The predicted octanol–water partition coefficient (Wildman–Crippen LogP) is 13.1. The number of benzene rings is 8. The maximum Gasteiger partial charge on any atom is 0.238 e. The van der Waals surface area contributed by atoms with Gasteiger partial charge in [0.05, 0.1) is 38.7 Å². The summed E-state index contributed by atoms with van der Waals surface area (Å²) >= 11 is 0. The van der Waals surface area contributed by atoms with Gasteiger partial charge in [-0.25, -0.2) is 4.98 Å². The van der Waals surface area contributed by atoms with Crippen LogP contribution >= 0.6 is 0 Å². The van der Waals surface area contributed by atoms with Crippen molar-refractivity contribution in [2.45, 2.75) is 0 Å². The first-order chi connectivity index (χ1) is 27.3. The van der Waals surface area contributed by atoms with Crippen molar-refractivity contribution in [1.29, 1.82) is 0 Å². The van der Waals surface area contributed by atoms with E-state index in [9.17, 15) is 0 Å². The van der Waals surface area contributed by atoms with E-state index in [4.69, 9.17) is 14.4 Å². The largest absolute Gasteiger partial charge is 0.437 e. The van der Waals surface area contributed by atoms with E-state index in [2.05, 4.69) is 161 Å². The molecule has 0 radical (unpaired) electrons. The molecule has 0 amide bonds. The van der Waals surface area contributed by atoms with E-state index >= 15 is 0 Å². The molecule has 8 aromatic carbocycles. The first-order valence-electron chi connectivity index (χ1n) is 18.7. The molecule has 254 valence electrons. The highest BCUT2D eigenvalue weighted by Crippen LogP contribution is 2.48. The monoisotopic (exact) mass is 700 g/mol. The summed E-state index contributed by atoms with van der Waals surface area (Å²) in [5, 5.41) is 11.6. The molecule has 5 heterocycles. The summed E-state index contributed by atoms with van der Waals surface area (Å²) in [6.45, 7) is 0. The van der Waals surface area contributed by atoms with Gasteiger partial charge in [-0.05, 0) is 52.2 Å². The molecule has 0 atom stereocenters. The van der Waals surface area contributed by atoms with E-state index in [0.717, 1.165) is 44.2 Å². The minimum absolute atomic E-state index is 0.566. The third kappa shape index (κ3) is 3.81. The number of fused-ring (bicyclic) bond motifs is 15. The second kappa shape index (κ2) is 10.6. The number of aromatic nitrogens is 4. The lowest BCUT2D eigenvalue weighted by atomic mass is 10.0. The van der Waals surface area contributed by atoms with Gasteiger partial charge < -0.3 is 8.82 Å². The van der Waals surface area contributed by atoms with Crippen molar-refractivity contribution in [3.05, 3.63) is 170 Å². The van der Waals surface area contributed by atoms with Crippen LogP contribution < -0.4 is 0 Å². The van der Waals surface area contributed by atoms with Crippen LogP contribution in [-0.4, -0.2) is 18.9 Å². The van der Waals surface area contributed by atoms with Crippen molar-refractivity contribution >= 4 is 92.7 Å². The number of hydrogen-bond acceptors (Lipinski definition) is 3. The molecule has 0 aliphatic carbocycles. The SMILES string of the molecule is c1ccc(-c2ccc(-c3nc(-n4c5ccc6ccccc6c5c5cc6c7ccccc7n7c8ccccc8c(c54)c67)nc4oc5ccccc5c34)cc2)cc1. The number of nitrogens with zero attached hydrogens (tertiary/aromatic N) is 4. The number of hydrogen-bond donors (Lipinski definition) is 0. The molecule has 5 nitrogen and oxygen atoms in total. The Kier molecular flexibility index (Phi) is 5.57. The van der Waals surface area contributed by atoms with Gasteiger partial charge in [-0.3, -0.25) is 4.57 Å². The predicted molar refractivity (Wildman–Crippen MR) is 227 cm³/mol. The molecule has 0 bridgehead atoms. The fourth-order valence-electron chi connectivity index (χ4n) is 9.35. The molecule has 5 aromatic heterocycles. The Bertz CT molecular complexity index is 3700. The van der Waals surface area contributed by atoms with E-state index in [-0.39, 0.29) is 0 Å². The van der Waals surface area contributed by atoms with Gasteiger partial charge in [-0.15, -0.1) is 0 Å². The molecule has 0 aliphatic rings. The molecule has 5 heteroatoms. The standard InChI is InChI=1S/C50H28N4O/c1-2-12-29(13-3-1)30-22-24-32(25-23-30)46-44-36-18-8-11-21-42(36)55-49(44)52-50(51-46)54-41-27-26-31-14-4-5-15-33(31)43(41)38-28-37-34-16-6-9-19-39(34)53-40-20-10-7-17-35(40)45(47(37)53)48(38)54/h1-28H. The molecule has 0 saturated carbocycles. The Morgan fingerprint density at radius 1 is 0.400 bits per heavy atom. The van der Waals surface area contributed by atoms with Crippen LogP contribution in [0.2, 0.25) is 0 Å². The maximum atomic E-state index is 6.61. The highest BCUT2D eigenvalue weighted by atomic mass is 16.3. The summed E-state index contributed by atoms with van der Waals surface area (Å²) in [6.07, 6.45) is 0. The van der Waals surface area contributed by atoms with Crippen LogP contribution in [-0.2, 0) is 0 Å². The zero-order chi connectivity index (χ0) is 35.8. The Balaban J connectivity index is 1.22. The van der Waals surface area contributed by atoms with Crippen molar-refractivity contribution in [2.24, 2.45) is 0 Å². The van der Waals surface area contributed by atoms with Gasteiger partial charge in [0, 0.05) is 43.3 Å². The zero-order valence-electron chi connectivity index (χ0n) is 29.4. The lowest BCUT2D eigenvalue weighted by Crippen LogP contribution is -2.03. The molecule has 55 heavy (non-hydrogen) atoms. The van der Waals surface area contributed by atoms with E-state index in [1.807, 2.05) is 18.2 Å². The number of furan rings is 1. The third-order valence-electron chi connectivity index (χ3n) is 11.7. The van der Waals surface area contributed by atoms with Crippen LogP contribution in [0.15, 0.2) is 174 Å². The van der Waals surface area contributed by atoms with Crippen molar-refractivity contribution in [1.82, 2.24) is 18.9 Å². The second-order valence-corrected chi connectivity index (χ2v) is 14.5. The van der Waals surface area contributed by atoms with Gasteiger partial charge in [0.25, 0.3) is 0 Å². The van der Waals surface area contributed by atoms with Crippen molar-refractivity contribution in [3.63, 3.8) is 0 Å². The van der Waals surface area contributed by atoms with E-state index < -0.39 is 0 Å². The Morgan fingerprint density at radius 3 is 1.89 bits per heavy atom. The fourth-order valence-corrected chi connectivity index (χ4v) is 9.35. The normalized spacial score (nSPS) is 12.4. The second-order valence-electron chi connectivity index (χ2n) is 14.5. The highest BCUT2D eigenvalue weighted by molar-refractivity contribution is 6.36. The van der Waals surface area contributed by atoms with Crippen LogP contribution in [0.3, 0.4) is 0 Å². The van der Waals surface area contributed by atoms with Gasteiger partial charge in [-0.1, -0.05) is 140 Å². The minimum Gasteiger partial charge on any atom is -0.437 e. The lowest BCUT2D eigenvalue weighted by Gasteiger charge is -2.11. The number of rotatable bonds is 3. The first-order valence-corrected chi connectivity index (χ1v) is 18.7. The Hall–Kier alpha value is -7.50. The highest BCUT2D eigenvalue weighted by Gasteiger charge is 2.27. The Morgan fingerprint density at radius 2 is 1.05 bits per heavy atom. The summed E-state index contributed by atoms with van der Waals surface area (Å²) in [5.74, 6) is 0.576. The van der Waals surface area contributed by atoms with Crippen molar-refractivity contribution in [2.75, 3.05) is 0 Å². The average Bonchev–Trinajstić information content (AvgIpc) is 3.99. The van der Waals surface area contributed by atoms with E-state index in [1.54, 1.807) is 0 Å². The fraction of sp³-hybridized carbons (Fsp3) is 0. The summed E-state index contributed by atoms with van der Waals surface area (Å²) < 4.78 is 11.3. The van der Waals surface area contributed by atoms with Crippen molar-refractivity contribution in [3.8, 4) is 28.3 Å². The smallest absolute Gasteiger partial charge is 0.238 e. The molecular formula is C50H28N4O. The quantitative estimate of drug-likeness (QED) is 0.184. The van der Waals surface area contributed by atoms with Crippen LogP contribution in [0.25, 0.3) is 121 Å². The van der Waals surface area contributed by atoms with Gasteiger partial charge in [0.2, 0.25) is 11.7 Å². The van der Waals surface area contributed by atoms with Gasteiger partial charge in [-0.2, -0.15) is 4.98 Å². The first kappa shape index (κ1) is 29.0. The molecular weight excluding hydrogens is 673 g/mol. The number of para-hydroxylation sites is 3. The summed E-state index contributed by atoms with van der Waals surface area (Å²) in [5.41, 5.74) is 11.3. The summed E-state index contributed by atoms with van der Waals surface area (Å²) in [7, 11) is 0. The Labute approximate surface area is 313 Å². The van der Waals surface area contributed by atoms with E-state index in [0.29, 0.717) is 11.7 Å². The van der Waals surface area contributed by atoms with Gasteiger partial charge in [0.15, 0.2) is 0 Å². The van der Waals surface area contributed by atoms with Crippen LogP contribution in [0.4, 0.5) is 0 Å². The lowest BCUT2D eigenvalue weighted by molar-refractivity contribution is 0.651. The summed E-state index contributed by atoms with van der Waals surface area (Å²) in [6, 6.07) is 60.5. The topological polar surface area (TPSA) is 48.3 Å². The molecule has 0 N–H and O–H groups in total.